The van der Waals surface area contributed by atoms with Crippen LogP contribution in [0.25, 0.3) is 0 Å². The third-order valence-corrected chi connectivity index (χ3v) is 4.59. The third kappa shape index (κ3) is 3.08. The van der Waals surface area contributed by atoms with Gasteiger partial charge in [-0.3, -0.25) is 0 Å². The first kappa shape index (κ1) is 14.3. The molecule has 1 aromatic rings. The number of anilines is 1. The topological polar surface area (TPSA) is 62.2 Å². The third-order valence-electron chi connectivity index (χ3n) is 4.16. The van der Waals surface area contributed by atoms with Crippen LogP contribution in [0.2, 0.25) is 0 Å². The van der Waals surface area contributed by atoms with Crippen LogP contribution in [-0.4, -0.2) is 22.1 Å². The lowest BCUT2D eigenvalue weighted by atomic mass is 9.93. The largest absolute Gasteiger partial charge is 0.478 e. The summed E-state index contributed by atoms with van der Waals surface area (Å²) >= 11 is 3.26. The van der Waals surface area contributed by atoms with Crippen molar-refractivity contribution >= 4 is 27.7 Å². The van der Waals surface area contributed by atoms with E-state index in [0.29, 0.717) is 22.3 Å². The number of rotatable bonds is 4. The minimum atomic E-state index is -0.950. The van der Waals surface area contributed by atoms with Crippen LogP contribution >= 0.6 is 15.9 Å². The molecule has 3 atom stereocenters. The molecule has 1 fully saturated rings. The Morgan fingerprint density at radius 1 is 1.58 bits per heavy atom. The Morgan fingerprint density at radius 2 is 2.32 bits per heavy atom. The first-order chi connectivity index (χ1) is 9.02. The normalized spacial score (nSPS) is 26.4. The molecule has 0 spiro atoms. The van der Waals surface area contributed by atoms with Crippen molar-refractivity contribution in [3.8, 4) is 0 Å². The van der Waals surface area contributed by atoms with E-state index in [4.69, 9.17) is 0 Å². The highest BCUT2D eigenvalue weighted by Crippen LogP contribution is 2.36. The maximum atomic E-state index is 11.2. The smallest absolute Gasteiger partial charge is 0.339 e. The fourth-order valence-corrected chi connectivity index (χ4v) is 3.25. The molecule has 0 aliphatic heterocycles. The lowest BCUT2D eigenvalue weighted by Gasteiger charge is -2.22. The van der Waals surface area contributed by atoms with E-state index in [1.807, 2.05) is 0 Å². The first-order valence-corrected chi connectivity index (χ1v) is 7.47. The molecule has 19 heavy (non-hydrogen) atoms. The van der Waals surface area contributed by atoms with E-state index in [2.05, 4.69) is 40.1 Å². The summed E-state index contributed by atoms with van der Waals surface area (Å²) in [4.78, 5) is 15.5. The van der Waals surface area contributed by atoms with Crippen LogP contribution in [0.5, 0.6) is 0 Å². The predicted molar refractivity (Wildman–Crippen MR) is 78.5 cm³/mol. The van der Waals surface area contributed by atoms with Gasteiger partial charge in [0.1, 0.15) is 11.4 Å². The molecule has 2 rings (SSSR count). The first-order valence-electron chi connectivity index (χ1n) is 6.68. The number of hydrogen-bond donors (Lipinski definition) is 2. The van der Waals surface area contributed by atoms with Crippen molar-refractivity contribution in [3.05, 3.63) is 22.3 Å². The number of carboxylic acid groups (broad SMARTS) is 1. The van der Waals surface area contributed by atoms with Crippen LogP contribution in [0.15, 0.2) is 16.7 Å². The molecule has 1 heterocycles. The summed E-state index contributed by atoms with van der Waals surface area (Å²) in [5.74, 6) is 0.802. The lowest BCUT2D eigenvalue weighted by Crippen LogP contribution is -2.26. The molecular formula is C14H19BrN2O2. The fraction of sp³-hybridized carbons (Fsp3) is 0.571. The van der Waals surface area contributed by atoms with E-state index in [1.165, 1.54) is 12.8 Å². The molecule has 0 amide bonds. The Labute approximate surface area is 121 Å². The maximum Gasteiger partial charge on any atom is 0.339 e. The standard InChI is InChI=1S/C14H19BrN2O2/c1-3-9-4-5-12(8(9)2)17-13-11(14(18)19)6-10(15)7-16-13/h6-9,12H,3-5H2,1-2H3,(H,16,17)(H,18,19). The molecule has 104 valence electrons. The molecule has 3 unspecified atom stereocenters. The number of aromatic carboxylic acids is 1. The molecule has 0 saturated heterocycles. The molecule has 0 radical (unpaired) electrons. The van der Waals surface area contributed by atoms with Crippen LogP contribution < -0.4 is 5.32 Å². The molecule has 5 heteroatoms. The van der Waals surface area contributed by atoms with Crippen molar-refractivity contribution in [2.45, 2.75) is 39.2 Å². The molecule has 4 nitrogen and oxygen atoms in total. The highest BCUT2D eigenvalue weighted by molar-refractivity contribution is 9.10. The van der Waals surface area contributed by atoms with Gasteiger partial charge in [-0.25, -0.2) is 9.78 Å². The van der Waals surface area contributed by atoms with Gasteiger partial charge in [-0.05, 0) is 46.7 Å². The van der Waals surface area contributed by atoms with Gasteiger partial charge in [0.15, 0.2) is 0 Å². The number of aromatic nitrogens is 1. The molecule has 0 bridgehead atoms. The van der Waals surface area contributed by atoms with Crippen LogP contribution in [0.4, 0.5) is 5.82 Å². The van der Waals surface area contributed by atoms with Gasteiger partial charge in [0, 0.05) is 16.7 Å². The summed E-state index contributed by atoms with van der Waals surface area (Å²) in [7, 11) is 0. The lowest BCUT2D eigenvalue weighted by molar-refractivity contribution is 0.0697. The van der Waals surface area contributed by atoms with Crippen molar-refractivity contribution < 1.29 is 9.90 Å². The summed E-state index contributed by atoms with van der Waals surface area (Å²) in [5, 5.41) is 12.5. The van der Waals surface area contributed by atoms with Crippen molar-refractivity contribution in [3.63, 3.8) is 0 Å². The van der Waals surface area contributed by atoms with Gasteiger partial charge in [-0.1, -0.05) is 20.3 Å². The van der Waals surface area contributed by atoms with E-state index in [1.54, 1.807) is 12.3 Å². The van der Waals surface area contributed by atoms with Crippen LogP contribution in [0, 0.1) is 11.8 Å². The van der Waals surface area contributed by atoms with E-state index in [-0.39, 0.29) is 5.56 Å². The van der Waals surface area contributed by atoms with Crippen LogP contribution in [0.1, 0.15) is 43.5 Å². The zero-order valence-electron chi connectivity index (χ0n) is 11.2. The van der Waals surface area contributed by atoms with E-state index >= 15 is 0 Å². The number of halogens is 1. The minimum Gasteiger partial charge on any atom is -0.478 e. The number of hydrogen-bond acceptors (Lipinski definition) is 3. The molecular weight excluding hydrogens is 308 g/mol. The van der Waals surface area contributed by atoms with Gasteiger partial charge < -0.3 is 10.4 Å². The highest BCUT2D eigenvalue weighted by Gasteiger charge is 2.32. The number of pyridine rings is 1. The fourth-order valence-electron chi connectivity index (χ4n) is 2.92. The van der Waals surface area contributed by atoms with Gasteiger partial charge in [-0.15, -0.1) is 0 Å². The van der Waals surface area contributed by atoms with Crippen molar-refractivity contribution in [2.24, 2.45) is 11.8 Å². The minimum absolute atomic E-state index is 0.224. The van der Waals surface area contributed by atoms with E-state index < -0.39 is 5.97 Å². The van der Waals surface area contributed by atoms with Crippen molar-refractivity contribution in [2.75, 3.05) is 5.32 Å². The summed E-state index contributed by atoms with van der Waals surface area (Å²) in [5.41, 5.74) is 0.224. The number of nitrogens with one attached hydrogen (secondary N) is 1. The Hall–Kier alpha value is -1.10. The molecule has 1 saturated carbocycles. The Balaban J connectivity index is 2.18. The molecule has 1 aliphatic carbocycles. The second-order valence-electron chi connectivity index (χ2n) is 5.21. The van der Waals surface area contributed by atoms with E-state index in [9.17, 15) is 9.90 Å². The summed E-state index contributed by atoms with van der Waals surface area (Å²) in [6, 6.07) is 1.91. The number of carbonyl (C=O) groups is 1. The zero-order valence-corrected chi connectivity index (χ0v) is 12.8. The van der Waals surface area contributed by atoms with Crippen molar-refractivity contribution in [1.82, 2.24) is 4.98 Å². The van der Waals surface area contributed by atoms with Crippen molar-refractivity contribution in [1.29, 1.82) is 0 Å². The highest BCUT2D eigenvalue weighted by atomic mass is 79.9. The van der Waals surface area contributed by atoms with Crippen LogP contribution in [-0.2, 0) is 0 Å². The predicted octanol–water partition coefficient (Wildman–Crippen LogP) is 3.78. The zero-order chi connectivity index (χ0) is 14.0. The summed E-state index contributed by atoms with van der Waals surface area (Å²) < 4.78 is 0.682. The van der Waals surface area contributed by atoms with Gasteiger partial charge in [0.25, 0.3) is 0 Å². The van der Waals surface area contributed by atoms with Gasteiger partial charge in [0.2, 0.25) is 0 Å². The quantitative estimate of drug-likeness (QED) is 0.883. The molecule has 2 N–H and O–H groups in total. The average Bonchev–Trinajstić information content (AvgIpc) is 2.72. The SMILES string of the molecule is CCC1CCC(Nc2ncc(Br)cc2C(=O)O)C1C. The monoisotopic (exact) mass is 326 g/mol. The Kier molecular flexibility index (Phi) is 4.45. The molecule has 0 aromatic carbocycles. The number of nitrogens with zero attached hydrogens (tertiary/aromatic N) is 1. The molecule has 1 aliphatic rings. The summed E-state index contributed by atoms with van der Waals surface area (Å²) in [6.07, 6.45) is 5.09. The van der Waals surface area contributed by atoms with Gasteiger partial charge in [0.05, 0.1) is 0 Å². The van der Waals surface area contributed by atoms with Crippen LogP contribution in [0.3, 0.4) is 0 Å². The average molecular weight is 327 g/mol. The van der Waals surface area contributed by atoms with Gasteiger partial charge in [-0.2, -0.15) is 0 Å². The maximum absolute atomic E-state index is 11.2. The summed E-state index contributed by atoms with van der Waals surface area (Å²) in [6.45, 7) is 4.45. The second kappa shape index (κ2) is 5.90. The van der Waals surface area contributed by atoms with E-state index in [0.717, 1.165) is 12.3 Å². The Morgan fingerprint density at radius 3 is 2.89 bits per heavy atom. The van der Waals surface area contributed by atoms with Gasteiger partial charge >= 0.3 is 5.97 Å². The number of carboxylic acids is 1. The second-order valence-corrected chi connectivity index (χ2v) is 6.13. The Bertz CT molecular complexity index is 479. The molecule has 1 aromatic heterocycles.